The summed E-state index contributed by atoms with van der Waals surface area (Å²) in [5.41, 5.74) is 2.46. The van der Waals surface area contributed by atoms with Crippen molar-refractivity contribution in [3.05, 3.63) is 41.8 Å². The Kier molecular flexibility index (Phi) is 3.54. The number of hydrogen-bond acceptors (Lipinski definition) is 5. The van der Waals surface area contributed by atoms with Crippen LogP contribution in [0.15, 0.2) is 36.8 Å². The van der Waals surface area contributed by atoms with Crippen molar-refractivity contribution >= 4 is 44.3 Å². The molecule has 2 N–H and O–H groups in total. The maximum atomic E-state index is 12.0. The molecule has 3 heterocycles. The molecule has 130 valence electrons. The van der Waals surface area contributed by atoms with E-state index in [0.717, 1.165) is 28.8 Å². The lowest BCUT2D eigenvalue weighted by molar-refractivity contribution is -0.117. The Labute approximate surface area is 157 Å². The zero-order valence-corrected chi connectivity index (χ0v) is 15.0. The van der Waals surface area contributed by atoms with Gasteiger partial charge in [-0.15, -0.1) is 0 Å². The predicted molar refractivity (Wildman–Crippen MR) is 101 cm³/mol. The minimum atomic E-state index is 0.0400. The molecule has 0 spiro atoms. The van der Waals surface area contributed by atoms with E-state index in [2.05, 4.69) is 25.5 Å². The van der Waals surface area contributed by atoms with Gasteiger partial charge in [0.05, 0.1) is 11.9 Å². The quantitative estimate of drug-likeness (QED) is 0.559. The summed E-state index contributed by atoms with van der Waals surface area (Å²) in [5.74, 6) is 0.868. The van der Waals surface area contributed by atoms with Crippen LogP contribution in [0.1, 0.15) is 12.8 Å². The van der Waals surface area contributed by atoms with Crippen molar-refractivity contribution in [3.8, 4) is 17.1 Å². The molecular formula is C17H13ClN6OS. The van der Waals surface area contributed by atoms with Gasteiger partial charge in [-0.05, 0) is 25.0 Å². The summed E-state index contributed by atoms with van der Waals surface area (Å²) in [6.45, 7) is 0. The van der Waals surface area contributed by atoms with Crippen LogP contribution in [0.4, 0.5) is 5.13 Å². The molecule has 9 heteroatoms. The van der Waals surface area contributed by atoms with E-state index in [1.54, 1.807) is 12.5 Å². The monoisotopic (exact) mass is 384 g/mol. The number of halogens is 1. The Bertz CT molecular complexity index is 1130. The van der Waals surface area contributed by atoms with Gasteiger partial charge >= 0.3 is 0 Å². The zero-order valence-electron chi connectivity index (χ0n) is 13.4. The summed E-state index contributed by atoms with van der Waals surface area (Å²) in [5, 5.41) is 11.4. The van der Waals surface area contributed by atoms with E-state index in [4.69, 9.17) is 11.6 Å². The van der Waals surface area contributed by atoms with Gasteiger partial charge < -0.3 is 5.32 Å². The topological polar surface area (TPSA) is 88.5 Å². The molecule has 0 saturated heterocycles. The fraction of sp³-hybridized carbons (Fsp3) is 0.176. The molecule has 4 aromatic rings. The summed E-state index contributed by atoms with van der Waals surface area (Å²) >= 11 is 7.51. The largest absolute Gasteiger partial charge is 0.302 e. The van der Waals surface area contributed by atoms with Gasteiger partial charge in [0.15, 0.2) is 16.6 Å². The molecule has 3 aromatic heterocycles. The van der Waals surface area contributed by atoms with Gasteiger partial charge in [0.25, 0.3) is 0 Å². The first-order valence-electron chi connectivity index (χ1n) is 8.13. The standard InChI is InChI=1S/C17H13ClN6OS/c18-11-3-1-2-10(6-11)12-7-19-8-24(12)15-13-14(22-23-15)20-17(26-13)21-16(25)9-4-5-9/h1-3,6-9H,4-5H2,(H2,20,21,22,23,25). The maximum Gasteiger partial charge on any atom is 0.229 e. The summed E-state index contributed by atoms with van der Waals surface area (Å²) in [7, 11) is 0. The van der Waals surface area contributed by atoms with Gasteiger partial charge in [0.1, 0.15) is 11.0 Å². The highest BCUT2D eigenvalue weighted by molar-refractivity contribution is 7.22. The van der Waals surface area contributed by atoms with E-state index < -0.39 is 0 Å². The molecule has 7 nitrogen and oxygen atoms in total. The Hall–Kier alpha value is -2.71. The average Bonchev–Trinajstić information content (AvgIpc) is 3.05. The van der Waals surface area contributed by atoms with Crippen LogP contribution in [-0.4, -0.2) is 30.6 Å². The van der Waals surface area contributed by atoms with Crippen LogP contribution in [-0.2, 0) is 4.79 Å². The number of carbonyl (C=O) groups is 1. The molecule has 1 saturated carbocycles. The van der Waals surface area contributed by atoms with Crippen molar-refractivity contribution in [2.45, 2.75) is 12.8 Å². The minimum Gasteiger partial charge on any atom is -0.302 e. The molecule has 1 fully saturated rings. The van der Waals surface area contributed by atoms with Crippen molar-refractivity contribution in [1.82, 2.24) is 24.7 Å². The van der Waals surface area contributed by atoms with E-state index in [-0.39, 0.29) is 11.8 Å². The second-order valence-electron chi connectivity index (χ2n) is 6.17. The van der Waals surface area contributed by atoms with Gasteiger partial charge in [0, 0.05) is 16.5 Å². The Morgan fingerprint density at radius 2 is 2.27 bits per heavy atom. The molecule has 1 aliphatic carbocycles. The normalized spacial score (nSPS) is 14.0. The third-order valence-electron chi connectivity index (χ3n) is 4.26. The van der Waals surface area contributed by atoms with E-state index in [0.29, 0.717) is 21.6 Å². The molecule has 1 aromatic carbocycles. The molecule has 0 radical (unpaired) electrons. The number of H-pyrrole nitrogens is 1. The van der Waals surface area contributed by atoms with Crippen molar-refractivity contribution in [2.75, 3.05) is 5.32 Å². The molecule has 0 atom stereocenters. The first kappa shape index (κ1) is 15.5. The number of fused-ring (bicyclic) bond motifs is 1. The zero-order chi connectivity index (χ0) is 17.7. The summed E-state index contributed by atoms with van der Waals surface area (Å²) < 4.78 is 2.74. The fourth-order valence-electron chi connectivity index (χ4n) is 2.80. The van der Waals surface area contributed by atoms with Crippen molar-refractivity contribution in [3.63, 3.8) is 0 Å². The van der Waals surface area contributed by atoms with E-state index in [1.807, 2.05) is 28.8 Å². The molecule has 1 aliphatic rings. The maximum absolute atomic E-state index is 12.0. The van der Waals surface area contributed by atoms with Crippen LogP contribution in [0.3, 0.4) is 0 Å². The van der Waals surface area contributed by atoms with Crippen molar-refractivity contribution < 1.29 is 4.79 Å². The lowest BCUT2D eigenvalue weighted by atomic mass is 10.2. The molecule has 0 unspecified atom stereocenters. The number of aromatic nitrogens is 5. The fourth-order valence-corrected chi connectivity index (χ4v) is 3.89. The number of thiazole rings is 1. The summed E-state index contributed by atoms with van der Waals surface area (Å²) in [6.07, 6.45) is 5.39. The number of hydrogen-bond donors (Lipinski definition) is 2. The van der Waals surface area contributed by atoms with E-state index >= 15 is 0 Å². The number of anilines is 1. The summed E-state index contributed by atoms with van der Waals surface area (Å²) in [6, 6.07) is 7.58. The van der Waals surface area contributed by atoms with Gasteiger partial charge in [-0.1, -0.05) is 35.1 Å². The van der Waals surface area contributed by atoms with Gasteiger partial charge in [-0.25, -0.2) is 9.97 Å². The lowest BCUT2D eigenvalue weighted by Gasteiger charge is -2.05. The van der Waals surface area contributed by atoms with E-state index in [1.165, 1.54) is 11.3 Å². The highest BCUT2D eigenvalue weighted by Gasteiger charge is 2.30. The van der Waals surface area contributed by atoms with Crippen molar-refractivity contribution in [2.24, 2.45) is 5.92 Å². The molecule has 5 rings (SSSR count). The highest BCUT2D eigenvalue weighted by Crippen LogP contribution is 2.34. The second-order valence-corrected chi connectivity index (χ2v) is 7.60. The Balaban J connectivity index is 1.54. The number of rotatable bonds is 4. The van der Waals surface area contributed by atoms with Crippen LogP contribution in [0, 0.1) is 5.92 Å². The number of imidazole rings is 1. The average molecular weight is 385 g/mol. The van der Waals surface area contributed by atoms with Gasteiger partial charge in [-0.3, -0.25) is 14.5 Å². The number of amides is 1. The van der Waals surface area contributed by atoms with Crippen LogP contribution < -0.4 is 5.32 Å². The number of nitrogens with zero attached hydrogens (tertiary/aromatic N) is 4. The predicted octanol–water partition coefficient (Wildman–Crippen LogP) is 3.87. The highest BCUT2D eigenvalue weighted by atomic mass is 35.5. The minimum absolute atomic E-state index is 0.0400. The number of aromatic amines is 1. The SMILES string of the molecule is O=C(Nc1nc2[nH]nc(-n3cncc3-c3cccc(Cl)c3)c2s1)C1CC1. The number of carbonyl (C=O) groups excluding carboxylic acids is 1. The van der Waals surface area contributed by atoms with E-state index in [9.17, 15) is 4.79 Å². The number of nitrogens with one attached hydrogen (secondary N) is 2. The smallest absolute Gasteiger partial charge is 0.229 e. The van der Waals surface area contributed by atoms with Crippen molar-refractivity contribution in [1.29, 1.82) is 0 Å². The van der Waals surface area contributed by atoms with Crippen LogP contribution in [0.2, 0.25) is 5.02 Å². The molecule has 0 bridgehead atoms. The van der Waals surface area contributed by atoms with Gasteiger partial charge in [0.2, 0.25) is 5.91 Å². The molecule has 26 heavy (non-hydrogen) atoms. The molecule has 1 amide bonds. The van der Waals surface area contributed by atoms with Gasteiger partial charge in [-0.2, -0.15) is 5.10 Å². The third-order valence-corrected chi connectivity index (χ3v) is 5.47. The first-order chi connectivity index (χ1) is 12.7. The molecule has 0 aliphatic heterocycles. The van der Waals surface area contributed by atoms with Crippen LogP contribution >= 0.6 is 22.9 Å². The number of benzene rings is 1. The third kappa shape index (κ3) is 2.67. The Morgan fingerprint density at radius 3 is 3.08 bits per heavy atom. The summed E-state index contributed by atoms with van der Waals surface area (Å²) in [4.78, 5) is 20.6. The Morgan fingerprint density at radius 1 is 1.38 bits per heavy atom. The van der Waals surface area contributed by atoms with Crippen LogP contribution in [0.25, 0.3) is 27.4 Å². The van der Waals surface area contributed by atoms with Crippen LogP contribution in [0.5, 0.6) is 0 Å². The second kappa shape index (κ2) is 5.93. The molecular weight excluding hydrogens is 372 g/mol. The lowest BCUT2D eigenvalue weighted by Crippen LogP contribution is -2.12. The first-order valence-corrected chi connectivity index (χ1v) is 9.33.